The summed E-state index contributed by atoms with van der Waals surface area (Å²) in [4.78, 5) is 28.2. The van der Waals surface area contributed by atoms with Gasteiger partial charge in [-0.3, -0.25) is 14.5 Å². The number of rotatable bonds is 4. The fourth-order valence-corrected chi connectivity index (χ4v) is 2.04. The number of amides is 1. The van der Waals surface area contributed by atoms with Crippen molar-refractivity contribution in [3.63, 3.8) is 0 Å². The topological polar surface area (TPSA) is 87.5 Å². The summed E-state index contributed by atoms with van der Waals surface area (Å²) >= 11 is 0. The molecule has 1 fully saturated rings. The third-order valence-electron chi connectivity index (χ3n) is 3.12. The van der Waals surface area contributed by atoms with E-state index in [1.54, 1.807) is 11.1 Å². The number of imidazole rings is 1. The van der Waals surface area contributed by atoms with E-state index in [1.165, 1.54) is 0 Å². The zero-order chi connectivity index (χ0) is 13.1. The number of nitrogens with zero attached hydrogens (tertiary/aromatic N) is 3. The average molecular weight is 252 g/mol. The van der Waals surface area contributed by atoms with Gasteiger partial charge < -0.3 is 15.0 Å². The smallest absolute Gasteiger partial charge is 0.322 e. The second-order valence-corrected chi connectivity index (χ2v) is 4.30. The number of hydrogen-bond acceptors (Lipinski definition) is 4. The highest BCUT2D eigenvalue weighted by atomic mass is 16.4. The first-order chi connectivity index (χ1) is 8.58. The molecule has 0 spiro atoms. The molecule has 1 aliphatic rings. The van der Waals surface area contributed by atoms with Crippen LogP contribution in [0.3, 0.4) is 0 Å². The Balaban J connectivity index is 1.98. The standard InChI is InChI=1S/C11H16N4O3/c1-8-12-2-3-14(8)4-5-15-7-10(16)13-6-9(15)11(17)18/h2-3,9H,4-7H2,1H3,(H,13,16)(H,17,18). The van der Waals surface area contributed by atoms with Crippen LogP contribution < -0.4 is 5.32 Å². The van der Waals surface area contributed by atoms with E-state index in [2.05, 4.69) is 10.3 Å². The minimum atomic E-state index is -0.905. The van der Waals surface area contributed by atoms with Gasteiger partial charge in [-0.05, 0) is 6.92 Å². The summed E-state index contributed by atoms with van der Waals surface area (Å²) in [5.74, 6) is -0.157. The van der Waals surface area contributed by atoms with E-state index < -0.39 is 12.0 Å². The third kappa shape index (κ3) is 2.67. The maximum Gasteiger partial charge on any atom is 0.322 e. The Morgan fingerprint density at radius 3 is 3.00 bits per heavy atom. The summed E-state index contributed by atoms with van der Waals surface area (Å²) in [5, 5.41) is 11.7. The van der Waals surface area contributed by atoms with Gasteiger partial charge in [0.05, 0.1) is 6.54 Å². The van der Waals surface area contributed by atoms with E-state index in [4.69, 9.17) is 5.11 Å². The van der Waals surface area contributed by atoms with Crippen LogP contribution >= 0.6 is 0 Å². The molecule has 1 saturated heterocycles. The van der Waals surface area contributed by atoms with Crippen molar-refractivity contribution < 1.29 is 14.7 Å². The van der Waals surface area contributed by atoms with E-state index in [0.29, 0.717) is 13.1 Å². The van der Waals surface area contributed by atoms with Crippen molar-refractivity contribution in [1.29, 1.82) is 0 Å². The molecule has 1 aromatic rings. The van der Waals surface area contributed by atoms with Gasteiger partial charge in [0, 0.05) is 32.0 Å². The lowest BCUT2D eigenvalue weighted by molar-refractivity contribution is -0.146. The summed E-state index contributed by atoms with van der Waals surface area (Å²) in [7, 11) is 0. The number of aryl methyl sites for hydroxylation is 1. The molecule has 0 saturated carbocycles. The molecule has 2 N–H and O–H groups in total. The van der Waals surface area contributed by atoms with Gasteiger partial charge in [0.1, 0.15) is 11.9 Å². The molecule has 0 aliphatic carbocycles. The molecule has 1 aliphatic heterocycles. The number of piperazine rings is 1. The molecule has 0 bridgehead atoms. The maximum atomic E-state index is 11.3. The molecule has 1 atom stereocenters. The summed E-state index contributed by atoms with van der Waals surface area (Å²) < 4.78 is 1.94. The first-order valence-corrected chi connectivity index (χ1v) is 5.79. The number of aromatic nitrogens is 2. The molecule has 2 heterocycles. The fraction of sp³-hybridized carbons (Fsp3) is 0.545. The molecule has 1 unspecified atom stereocenters. The molecule has 7 nitrogen and oxygen atoms in total. The predicted octanol–water partition coefficient (Wildman–Crippen LogP) is -0.923. The zero-order valence-corrected chi connectivity index (χ0v) is 10.2. The van der Waals surface area contributed by atoms with Crippen molar-refractivity contribution in [2.24, 2.45) is 0 Å². The summed E-state index contributed by atoms with van der Waals surface area (Å²) in [6.07, 6.45) is 3.54. The zero-order valence-electron chi connectivity index (χ0n) is 10.2. The van der Waals surface area contributed by atoms with Crippen molar-refractivity contribution >= 4 is 11.9 Å². The van der Waals surface area contributed by atoms with Crippen molar-refractivity contribution in [3.05, 3.63) is 18.2 Å². The second-order valence-electron chi connectivity index (χ2n) is 4.30. The molecular formula is C11H16N4O3. The fourth-order valence-electron chi connectivity index (χ4n) is 2.04. The second kappa shape index (κ2) is 5.18. The Bertz CT molecular complexity index is 457. The van der Waals surface area contributed by atoms with Crippen LogP contribution in [0.1, 0.15) is 5.82 Å². The lowest BCUT2D eigenvalue weighted by Crippen LogP contribution is -2.58. The first kappa shape index (κ1) is 12.6. The number of hydrogen-bond donors (Lipinski definition) is 2. The lowest BCUT2D eigenvalue weighted by atomic mass is 10.2. The van der Waals surface area contributed by atoms with Crippen LogP contribution in [0.4, 0.5) is 0 Å². The Labute approximate surface area is 104 Å². The van der Waals surface area contributed by atoms with Crippen LogP contribution in [0.25, 0.3) is 0 Å². The monoisotopic (exact) mass is 252 g/mol. The number of aliphatic carboxylic acids is 1. The number of carboxylic acid groups (broad SMARTS) is 1. The highest BCUT2D eigenvalue weighted by molar-refractivity contribution is 5.83. The van der Waals surface area contributed by atoms with E-state index in [1.807, 2.05) is 17.7 Å². The van der Waals surface area contributed by atoms with Crippen molar-refractivity contribution in [3.8, 4) is 0 Å². The van der Waals surface area contributed by atoms with Crippen LogP contribution in [-0.2, 0) is 16.1 Å². The maximum absolute atomic E-state index is 11.3. The highest BCUT2D eigenvalue weighted by Crippen LogP contribution is 2.05. The summed E-state index contributed by atoms with van der Waals surface area (Å²) in [5.41, 5.74) is 0. The van der Waals surface area contributed by atoms with Crippen molar-refractivity contribution in [2.75, 3.05) is 19.6 Å². The average Bonchev–Trinajstić information content (AvgIpc) is 2.72. The molecule has 1 aromatic heterocycles. The van der Waals surface area contributed by atoms with Gasteiger partial charge in [-0.25, -0.2) is 4.98 Å². The Kier molecular flexibility index (Phi) is 3.61. The Morgan fingerprint density at radius 2 is 2.39 bits per heavy atom. The van der Waals surface area contributed by atoms with Gasteiger partial charge in [0.25, 0.3) is 0 Å². The molecule has 7 heteroatoms. The molecule has 18 heavy (non-hydrogen) atoms. The lowest BCUT2D eigenvalue weighted by Gasteiger charge is -2.32. The van der Waals surface area contributed by atoms with Crippen LogP contribution in [0.5, 0.6) is 0 Å². The number of carbonyl (C=O) groups is 2. The Hall–Kier alpha value is -1.89. The van der Waals surface area contributed by atoms with Gasteiger partial charge in [0.15, 0.2) is 0 Å². The van der Waals surface area contributed by atoms with Crippen LogP contribution in [0.2, 0.25) is 0 Å². The summed E-state index contributed by atoms with van der Waals surface area (Å²) in [6, 6.07) is -0.647. The predicted molar refractivity (Wildman–Crippen MR) is 63.0 cm³/mol. The summed E-state index contributed by atoms with van der Waals surface area (Å²) in [6.45, 7) is 3.32. The first-order valence-electron chi connectivity index (χ1n) is 5.79. The normalized spacial score (nSPS) is 20.7. The number of carbonyl (C=O) groups excluding carboxylic acids is 1. The molecular weight excluding hydrogens is 236 g/mol. The van der Waals surface area contributed by atoms with Crippen molar-refractivity contribution in [1.82, 2.24) is 19.8 Å². The minimum absolute atomic E-state index is 0.130. The molecule has 0 aromatic carbocycles. The van der Waals surface area contributed by atoms with Crippen LogP contribution in [0, 0.1) is 6.92 Å². The molecule has 98 valence electrons. The van der Waals surface area contributed by atoms with Gasteiger partial charge in [-0.2, -0.15) is 0 Å². The molecule has 1 amide bonds. The number of carboxylic acids is 1. The van der Waals surface area contributed by atoms with E-state index in [-0.39, 0.29) is 19.0 Å². The molecule has 2 rings (SSSR count). The van der Waals surface area contributed by atoms with E-state index >= 15 is 0 Å². The van der Waals surface area contributed by atoms with E-state index in [0.717, 1.165) is 5.82 Å². The number of nitrogens with one attached hydrogen (secondary N) is 1. The van der Waals surface area contributed by atoms with Gasteiger partial charge in [-0.15, -0.1) is 0 Å². The van der Waals surface area contributed by atoms with Crippen molar-refractivity contribution in [2.45, 2.75) is 19.5 Å². The van der Waals surface area contributed by atoms with Crippen LogP contribution in [-0.4, -0.2) is 57.1 Å². The van der Waals surface area contributed by atoms with Gasteiger partial charge >= 0.3 is 5.97 Å². The third-order valence-corrected chi connectivity index (χ3v) is 3.12. The van der Waals surface area contributed by atoms with Crippen LogP contribution in [0.15, 0.2) is 12.4 Å². The quantitative estimate of drug-likeness (QED) is 0.723. The highest BCUT2D eigenvalue weighted by Gasteiger charge is 2.31. The van der Waals surface area contributed by atoms with Gasteiger partial charge in [-0.1, -0.05) is 0 Å². The minimum Gasteiger partial charge on any atom is -0.480 e. The van der Waals surface area contributed by atoms with Gasteiger partial charge in [0.2, 0.25) is 5.91 Å². The SMILES string of the molecule is Cc1nccn1CCN1CC(=O)NCC1C(=O)O. The van der Waals surface area contributed by atoms with E-state index in [9.17, 15) is 9.59 Å². The Morgan fingerprint density at radius 1 is 1.61 bits per heavy atom. The largest absolute Gasteiger partial charge is 0.480 e. The molecule has 0 radical (unpaired) electrons.